The van der Waals surface area contributed by atoms with Gasteiger partial charge in [0.25, 0.3) is 5.91 Å². The number of aromatic nitrogens is 3. The minimum absolute atomic E-state index is 0.0517. The number of amides is 1. The fraction of sp³-hybridized carbons (Fsp3) is 0.348. The summed E-state index contributed by atoms with van der Waals surface area (Å²) in [5.41, 5.74) is 2.41. The normalized spacial score (nSPS) is 15.4. The lowest BCUT2D eigenvalue weighted by Crippen LogP contribution is -2.38. The molecule has 3 N–H and O–H groups in total. The average Bonchev–Trinajstić information content (AvgIpc) is 3.27. The van der Waals surface area contributed by atoms with E-state index >= 15 is 0 Å². The molecule has 0 aliphatic carbocycles. The first kappa shape index (κ1) is 23.1. The van der Waals surface area contributed by atoms with Crippen LogP contribution in [0, 0.1) is 5.92 Å². The maximum atomic E-state index is 12.5. The van der Waals surface area contributed by atoms with Gasteiger partial charge in [-0.3, -0.25) is 9.69 Å². The molecule has 2 heterocycles. The highest BCUT2D eigenvalue weighted by Gasteiger charge is 2.20. The van der Waals surface area contributed by atoms with Gasteiger partial charge in [0.05, 0.1) is 17.6 Å². The molecule has 1 aliphatic heterocycles. The number of likely N-dealkylation sites (tertiary alicyclic amines) is 1. The molecular formula is C23H28N6O3S. The van der Waals surface area contributed by atoms with Crippen molar-refractivity contribution in [3.63, 3.8) is 0 Å². The number of nitrogens with one attached hydrogen (secondary N) is 1. The Morgan fingerprint density at radius 2 is 1.67 bits per heavy atom. The molecule has 0 atom stereocenters. The van der Waals surface area contributed by atoms with Crippen molar-refractivity contribution in [1.29, 1.82) is 0 Å². The van der Waals surface area contributed by atoms with Crippen molar-refractivity contribution in [1.82, 2.24) is 25.2 Å². The van der Waals surface area contributed by atoms with Gasteiger partial charge < -0.3 is 5.32 Å². The number of sulfonamides is 1. The highest BCUT2D eigenvalue weighted by molar-refractivity contribution is 7.89. The van der Waals surface area contributed by atoms with Crippen LogP contribution in [-0.4, -0.2) is 53.9 Å². The van der Waals surface area contributed by atoms with Crippen LogP contribution in [0.4, 0.5) is 0 Å². The van der Waals surface area contributed by atoms with E-state index in [2.05, 4.69) is 44.8 Å². The fourth-order valence-electron chi connectivity index (χ4n) is 3.97. The Morgan fingerprint density at radius 3 is 2.33 bits per heavy atom. The highest BCUT2D eigenvalue weighted by atomic mass is 32.2. The maximum absolute atomic E-state index is 12.5. The second kappa shape index (κ2) is 10.2. The third kappa shape index (κ3) is 6.47. The molecule has 33 heavy (non-hydrogen) atoms. The number of nitrogens with two attached hydrogens (primary N) is 1. The molecule has 3 aromatic rings. The Hall–Kier alpha value is -3.08. The van der Waals surface area contributed by atoms with Crippen LogP contribution in [0.15, 0.2) is 65.7 Å². The molecule has 1 amide bonds. The fourth-order valence-corrected chi connectivity index (χ4v) is 4.48. The summed E-state index contributed by atoms with van der Waals surface area (Å²) in [6.07, 6.45) is 3.69. The molecule has 0 bridgehead atoms. The van der Waals surface area contributed by atoms with Crippen molar-refractivity contribution in [2.24, 2.45) is 11.1 Å². The number of nitrogens with zero attached hydrogens (tertiary/aromatic N) is 4. The lowest BCUT2D eigenvalue weighted by molar-refractivity contribution is 0.0930. The van der Waals surface area contributed by atoms with Gasteiger partial charge in [0, 0.05) is 13.1 Å². The smallest absolute Gasteiger partial charge is 0.273 e. The molecule has 0 saturated carbocycles. The summed E-state index contributed by atoms with van der Waals surface area (Å²) in [5.74, 6) is 0.214. The maximum Gasteiger partial charge on any atom is 0.273 e. The number of hydrogen-bond acceptors (Lipinski definition) is 6. The largest absolute Gasteiger partial charge is 0.350 e. The van der Waals surface area contributed by atoms with Crippen molar-refractivity contribution >= 4 is 15.9 Å². The number of rotatable bonds is 8. The van der Waals surface area contributed by atoms with Crippen molar-refractivity contribution in [3.8, 4) is 0 Å². The summed E-state index contributed by atoms with van der Waals surface area (Å²) in [6.45, 7) is 4.00. The predicted molar refractivity (Wildman–Crippen MR) is 124 cm³/mol. The lowest BCUT2D eigenvalue weighted by Gasteiger charge is -2.32. The zero-order valence-electron chi connectivity index (χ0n) is 18.3. The summed E-state index contributed by atoms with van der Waals surface area (Å²) in [6, 6.07) is 16.7. The molecule has 174 valence electrons. The zero-order valence-corrected chi connectivity index (χ0v) is 19.1. The van der Waals surface area contributed by atoms with Gasteiger partial charge in [0.2, 0.25) is 10.0 Å². The molecule has 0 radical (unpaired) electrons. The summed E-state index contributed by atoms with van der Waals surface area (Å²) in [7, 11) is -3.72. The molecule has 4 rings (SSSR count). The summed E-state index contributed by atoms with van der Waals surface area (Å²) in [5, 5.41) is 16.1. The van der Waals surface area contributed by atoms with Crippen LogP contribution in [0.25, 0.3) is 0 Å². The Labute approximate surface area is 193 Å². The molecule has 1 saturated heterocycles. The molecule has 1 fully saturated rings. The van der Waals surface area contributed by atoms with E-state index in [1.54, 1.807) is 23.0 Å². The molecule has 1 aromatic heterocycles. The first-order valence-electron chi connectivity index (χ1n) is 10.9. The Bertz CT molecular complexity index is 1170. The Kier molecular flexibility index (Phi) is 7.17. The first-order chi connectivity index (χ1) is 15.9. The van der Waals surface area contributed by atoms with Gasteiger partial charge in [-0.2, -0.15) is 0 Å². The van der Waals surface area contributed by atoms with E-state index < -0.39 is 10.0 Å². The van der Waals surface area contributed by atoms with E-state index in [0.717, 1.165) is 38.0 Å². The van der Waals surface area contributed by atoms with Crippen molar-refractivity contribution < 1.29 is 13.2 Å². The van der Waals surface area contributed by atoms with E-state index in [1.807, 2.05) is 6.07 Å². The molecule has 10 heteroatoms. The standard InChI is InChI=1S/C23H28N6O3S/c24-33(31,32)21-8-6-20(7-9-21)16-29-17-22(26-27-29)23(30)25-14-18-10-12-28(13-11-18)15-19-4-2-1-3-5-19/h1-9,17-18H,10-16H2,(H,25,30)(H2,24,31,32). The summed E-state index contributed by atoms with van der Waals surface area (Å²) < 4.78 is 24.2. The number of benzene rings is 2. The van der Waals surface area contributed by atoms with Crippen LogP contribution >= 0.6 is 0 Å². The monoisotopic (exact) mass is 468 g/mol. The third-order valence-electron chi connectivity index (χ3n) is 5.88. The van der Waals surface area contributed by atoms with Crippen LogP contribution in [0.5, 0.6) is 0 Å². The minimum Gasteiger partial charge on any atom is -0.350 e. The SMILES string of the molecule is NS(=O)(=O)c1ccc(Cn2cc(C(=O)NCC3CCN(Cc4ccccc4)CC3)nn2)cc1. The molecule has 2 aromatic carbocycles. The highest BCUT2D eigenvalue weighted by Crippen LogP contribution is 2.18. The second-order valence-electron chi connectivity index (χ2n) is 8.41. The van der Waals surface area contributed by atoms with Crippen molar-refractivity contribution in [2.45, 2.75) is 30.8 Å². The van der Waals surface area contributed by atoms with E-state index in [1.165, 1.54) is 17.7 Å². The molecule has 0 spiro atoms. The van der Waals surface area contributed by atoms with Crippen molar-refractivity contribution in [2.75, 3.05) is 19.6 Å². The van der Waals surface area contributed by atoms with E-state index in [-0.39, 0.29) is 16.5 Å². The Morgan fingerprint density at radius 1 is 1.00 bits per heavy atom. The van der Waals surface area contributed by atoms with Gasteiger partial charge in [-0.1, -0.05) is 47.7 Å². The molecule has 0 unspecified atom stereocenters. The summed E-state index contributed by atoms with van der Waals surface area (Å²) >= 11 is 0. The van der Waals surface area contributed by atoms with Crippen LogP contribution in [0.2, 0.25) is 0 Å². The first-order valence-corrected chi connectivity index (χ1v) is 12.5. The molecule has 9 nitrogen and oxygen atoms in total. The Balaban J connectivity index is 1.22. The number of hydrogen-bond donors (Lipinski definition) is 2. The van der Waals surface area contributed by atoms with E-state index in [0.29, 0.717) is 19.0 Å². The van der Waals surface area contributed by atoms with Gasteiger partial charge in [0.15, 0.2) is 5.69 Å². The zero-order chi connectivity index (χ0) is 23.3. The average molecular weight is 469 g/mol. The van der Waals surface area contributed by atoms with Crippen LogP contribution in [-0.2, 0) is 23.1 Å². The van der Waals surface area contributed by atoms with Crippen LogP contribution in [0.3, 0.4) is 0 Å². The van der Waals surface area contributed by atoms with E-state index in [9.17, 15) is 13.2 Å². The van der Waals surface area contributed by atoms with Gasteiger partial charge in [-0.15, -0.1) is 5.10 Å². The quantitative estimate of drug-likeness (QED) is 0.518. The van der Waals surface area contributed by atoms with Crippen LogP contribution < -0.4 is 10.5 Å². The van der Waals surface area contributed by atoms with Gasteiger partial charge in [-0.05, 0) is 55.1 Å². The van der Waals surface area contributed by atoms with Gasteiger partial charge in [-0.25, -0.2) is 18.2 Å². The summed E-state index contributed by atoms with van der Waals surface area (Å²) in [4.78, 5) is 15.0. The van der Waals surface area contributed by atoms with Crippen molar-refractivity contribution in [3.05, 3.63) is 77.6 Å². The minimum atomic E-state index is -3.72. The van der Waals surface area contributed by atoms with Gasteiger partial charge in [0.1, 0.15) is 0 Å². The third-order valence-corrected chi connectivity index (χ3v) is 6.80. The number of carbonyl (C=O) groups is 1. The number of piperidine rings is 1. The van der Waals surface area contributed by atoms with E-state index in [4.69, 9.17) is 5.14 Å². The molecular weight excluding hydrogens is 440 g/mol. The number of carbonyl (C=O) groups excluding carboxylic acids is 1. The van der Waals surface area contributed by atoms with Crippen LogP contribution in [0.1, 0.15) is 34.5 Å². The lowest BCUT2D eigenvalue weighted by atomic mass is 9.96. The number of primary sulfonamides is 1. The predicted octanol–water partition coefficient (Wildman–Crippen LogP) is 1.62. The van der Waals surface area contributed by atoms with Gasteiger partial charge >= 0.3 is 0 Å². The topological polar surface area (TPSA) is 123 Å². The molecule has 1 aliphatic rings. The second-order valence-corrected chi connectivity index (χ2v) is 9.97.